The highest BCUT2D eigenvalue weighted by molar-refractivity contribution is 5.95. The summed E-state index contributed by atoms with van der Waals surface area (Å²) in [5, 5.41) is 8.74. The molecule has 102 valence electrons. The highest BCUT2D eigenvalue weighted by atomic mass is 16.2. The zero-order chi connectivity index (χ0) is 13.7. The molecular formula is C14H19N3O2. The van der Waals surface area contributed by atoms with Gasteiger partial charge < -0.3 is 16.0 Å². The zero-order valence-electron chi connectivity index (χ0n) is 11.1. The molecular weight excluding hydrogens is 242 g/mol. The molecule has 2 rings (SSSR count). The third-order valence-electron chi connectivity index (χ3n) is 3.09. The first-order chi connectivity index (χ1) is 9.16. The van der Waals surface area contributed by atoms with Crippen LogP contribution in [-0.4, -0.2) is 31.4 Å². The third-order valence-corrected chi connectivity index (χ3v) is 3.09. The van der Waals surface area contributed by atoms with Gasteiger partial charge >= 0.3 is 0 Å². The minimum Gasteiger partial charge on any atom is -0.385 e. The summed E-state index contributed by atoms with van der Waals surface area (Å²) in [6, 6.07) is 5.72. The maximum absolute atomic E-state index is 11.9. The minimum absolute atomic E-state index is 0.0888. The lowest BCUT2D eigenvalue weighted by Crippen LogP contribution is -2.33. The van der Waals surface area contributed by atoms with Gasteiger partial charge in [-0.15, -0.1) is 0 Å². The van der Waals surface area contributed by atoms with Crippen LogP contribution < -0.4 is 16.0 Å². The average molecular weight is 261 g/mol. The number of fused-ring (bicyclic) bond motifs is 1. The second-order valence-corrected chi connectivity index (χ2v) is 4.64. The molecule has 0 radical (unpaired) electrons. The molecule has 1 aliphatic heterocycles. The summed E-state index contributed by atoms with van der Waals surface area (Å²) in [7, 11) is 0. The van der Waals surface area contributed by atoms with E-state index < -0.39 is 0 Å². The van der Waals surface area contributed by atoms with Gasteiger partial charge in [0.2, 0.25) is 5.91 Å². The Bertz CT molecular complexity index is 486. The van der Waals surface area contributed by atoms with Crippen LogP contribution in [0.1, 0.15) is 29.3 Å². The maximum atomic E-state index is 11.9. The molecule has 0 aliphatic carbocycles. The second-order valence-electron chi connectivity index (χ2n) is 4.64. The van der Waals surface area contributed by atoms with Gasteiger partial charge in [0, 0.05) is 37.8 Å². The highest BCUT2D eigenvalue weighted by Crippen LogP contribution is 2.22. The van der Waals surface area contributed by atoms with Crippen molar-refractivity contribution in [2.45, 2.75) is 19.8 Å². The summed E-state index contributed by atoms with van der Waals surface area (Å²) < 4.78 is 0. The number of rotatable bonds is 4. The summed E-state index contributed by atoms with van der Waals surface area (Å²) >= 11 is 0. The van der Waals surface area contributed by atoms with Gasteiger partial charge in [-0.2, -0.15) is 0 Å². The van der Waals surface area contributed by atoms with Crippen LogP contribution in [0.2, 0.25) is 0 Å². The third kappa shape index (κ3) is 3.71. The molecule has 3 N–H and O–H groups in total. The van der Waals surface area contributed by atoms with Crippen molar-refractivity contribution in [2.24, 2.45) is 0 Å². The SMILES string of the molecule is CC(=O)NCCNC(=O)c1ccc2c(c1)CCCN2. The monoisotopic (exact) mass is 261 g/mol. The molecule has 5 nitrogen and oxygen atoms in total. The number of nitrogens with one attached hydrogen (secondary N) is 3. The Kier molecular flexibility index (Phi) is 4.39. The Morgan fingerprint density at radius 3 is 2.84 bits per heavy atom. The first-order valence-electron chi connectivity index (χ1n) is 6.56. The Labute approximate surface area is 112 Å². The lowest BCUT2D eigenvalue weighted by Gasteiger charge is -2.18. The Balaban J connectivity index is 1.90. The standard InChI is InChI=1S/C14H19N3O2/c1-10(18)15-7-8-17-14(19)12-4-5-13-11(9-12)3-2-6-16-13/h4-5,9,16H,2-3,6-8H2,1H3,(H,15,18)(H,17,19). The number of aryl methyl sites for hydroxylation is 1. The fourth-order valence-electron chi connectivity index (χ4n) is 2.13. The molecule has 0 fully saturated rings. The largest absolute Gasteiger partial charge is 0.385 e. The van der Waals surface area contributed by atoms with Crippen LogP contribution in [-0.2, 0) is 11.2 Å². The van der Waals surface area contributed by atoms with E-state index >= 15 is 0 Å². The summed E-state index contributed by atoms with van der Waals surface area (Å²) in [5.74, 6) is -0.187. The van der Waals surface area contributed by atoms with E-state index in [0.717, 1.165) is 25.1 Å². The van der Waals surface area contributed by atoms with Gasteiger partial charge in [0.15, 0.2) is 0 Å². The predicted octanol–water partition coefficient (Wildman–Crippen LogP) is 0.911. The molecule has 1 aliphatic rings. The van der Waals surface area contributed by atoms with E-state index in [4.69, 9.17) is 0 Å². The van der Waals surface area contributed by atoms with Crippen LogP contribution in [0, 0.1) is 0 Å². The Morgan fingerprint density at radius 1 is 1.26 bits per heavy atom. The molecule has 0 atom stereocenters. The number of anilines is 1. The summed E-state index contributed by atoms with van der Waals surface area (Å²) in [6.45, 7) is 3.34. The molecule has 1 aromatic carbocycles. The van der Waals surface area contributed by atoms with Gasteiger partial charge in [0.1, 0.15) is 0 Å². The van der Waals surface area contributed by atoms with Crippen molar-refractivity contribution in [1.82, 2.24) is 10.6 Å². The van der Waals surface area contributed by atoms with Gasteiger partial charge in [-0.3, -0.25) is 9.59 Å². The molecule has 0 saturated carbocycles. The first kappa shape index (κ1) is 13.4. The van der Waals surface area contributed by atoms with E-state index in [1.807, 2.05) is 18.2 Å². The zero-order valence-corrected chi connectivity index (χ0v) is 11.1. The first-order valence-corrected chi connectivity index (χ1v) is 6.56. The molecule has 1 heterocycles. The second kappa shape index (κ2) is 6.22. The van der Waals surface area contributed by atoms with Crippen LogP contribution in [0.15, 0.2) is 18.2 Å². The van der Waals surface area contributed by atoms with Crippen molar-refractivity contribution in [3.8, 4) is 0 Å². The normalized spacial score (nSPS) is 13.1. The molecule has 2 amide bonds. The number of benzene rings is 1. The Morgan fingerprint density at radius 2 is 2.05 bits per heavy atom. The van der Waals surface area contributed by atoms with E-state index in [2.05, 4.69) is 16.0 Å². The van der Waals surface area contributed by atoms with Crippen molar-refractivity contribution in [2.75, 3.05) is 25.0 Å². The summed E-state index contributed by atoms with van der Waals surface area (Å²) in [5.41, 5.74) is 2.99. The number of hydrogen-bond acceptors (Lipinski definition) is 3. The van der Waals surface area contributed by atoms with Gasteiger partial charge in [-0.1, -0.05) is 0 Å². The highest BCUT2D eigenvalue weighted by Gasteiger charge is 2.12. The quantitative estimate of drug-likeness (QED) is 0.706. The number of carbonyl (C=O) groups excluding carboxylic acids is 2. The number of amides is 2. The van der Waals surface area contributed by atoms with E-state index in [9.17, 15) is 9.59 Å². The maximum Gasteiger partial charge on any atom is 0.251 e. The minimum atomic E-state index is -0.0984. The lowest BCUT2D eigenvalue weighted by molar-refractivity contribution is -0.118. The average Bonchev–Trinajstić information content (AvgIpc) is 2.42. The van der Waals surface area contributed by atoms with Crippen LogP contribution in [0.4, 0.5) is 5.69 Å². The van der Waals surface area contributed by atoms with E-state index in [-0.39, 0.29) is 11.8 Å². The molecule has 1 aromatic rings. The molecule has 0 bridgehead atoms. The smallest absolute Gasteiger partial charge is 0.251 e. The van der Waals surface area contributed by atoms with Crippen LogP contribution >= 0.6 is 0 Å². The van der Waals surface area contributed by atoms with Gasteiger partial charge in [0.25, 0.3) is 5.91 Å². The summed E-state index contributed by atoms with van der Waals surface area (Å²) in [4.78, 5) is 22.6. The molecule has 0 unspecified atom stereocenters. The molecule has 0 saturated heterocycles. The van der Waals surface area contributed by atoms with E-state index in [1.54, 1.807) is 0 Å². The number of carbonyl (C=O) groups is 2. The Hall–Kier alpha value is -2.04. The van der Waals surface area contributed by atoms with Gasteiger partial charge in [-0.25, -0.2) is 0 Å². The van der Waals surface area contributed by atoms with Gasteiger partial charge in [-0.05, 0) is 36.6 Å². The van der Waals surface area contributed by atoms with Crippen molar-refractivity contribution in [1.29, 1.82) is 0 Å². The van der Waals surface area contributed by atoms with Crippen molar-refractivity contribution in [3.63, 3.8) is 0 Å². The molecule has 19 heavy (non-hydrogen) atoms. The molecule has 5 heteroatoms. The topological polar surface area (TPSA) is 70.2 Å². The molecule has 0 aromatic heterocycles. The number of hydrogen-bond donors (Lipinski definition) is 3. The summed E-state index contributed by atoms with van der Waals surface area (Å²) in [6.07, 6.45) is 2.11. The molecule has 0 spiro atoms. The fraction of sp³-hybridized carbons (Fsp3) is 0.429. The lowest BCUT2D eigenvalue weighted by atomic mass is 10.0. The van der Waals surface area contributed by atoms with Crippen LogP contribution in [0.25, 0.3) is 0 Å². The van der Waals surface area contributed by atoms with Crippen LogP contribution in [0.3, 0.4) is 0 Å². The predicted molar refractivity (Wildman–Crippen MR) is 74.3 cm³/mol. The van der Waals surface area contributed by atoms with E-state index in [0.29, 0.717) is 18.7 Å². The van der Waals surface area contributed by atoms with Crippen LogP contribution in [0.5, 0.6) is 0 Å². The van der Waals surface area contributed by atoms with Gasteiger partial charge in [0.05, 0.1) is 0 Å². The van der Waals surface area contributed by atoms with Crippen molar-refractivity contribution in [3.05, 3.63) is 29.3 Å². The van der Waals surface area contributed by atoms with Crippen molar-refractivity contribution >= 4 is 17.5 Å². The fourth-order valence-corrected chi connectivity index (χ4v) is 2.13. The van der Waals surface area contributed by atoms with Crippen molar-refractivity contribution < 1.29 is 9.59 Å². The van der Waals surface area contributed by atoms with E-state index in [1.165, 1.54) is 12.5 Å².